The molecule has 0 aromatic heterocycles. The number of carbonyl (C=O) groups excluding carboxylic acids is 2. The molecule has 6 heteroatoms. The van der Waals surface area contributed by atoms with Crippen molar-refractivity contribution in [2.24, 2.45) is 0 Å². The van der Waals surface area contributed by atoms with E-state index in [2.05, 4.69) is 5.32 Å². The molecule has 2 amide bonds. The number of methoxy groups -OCH3 is 1. The van der Waals surface area contributed by atoms with Crippen LogP contribution < -0.4 is 5.32 Å². The highest BCUT2D eigenvalue weighted by Gasteiger charge is 2.16. The summed E-state index contributed by atoms with van der Waals surface area (Å²) in [7, 11) is 5.00. The first kappa shape index (κ1) is 19.1. The highest BCUT2D eigenvalue weighted by atomic mass is 16.5. The van der Waals surface area contributed by atoms with Crippen molar-refractivity contribution in [1.29, 1.82) is 0 Å². The van der Waals surface area contributed by atoms with Crippen molar-refractivity contribution < 1.29 is 14.3 Å². The van der Waals surface area contributed by atoms with Crippen LogP contribution in [-0.2, 0) is 14.3 Å². The van der Waals surface area contributed by atoms with Gasteiger partial charge in [-0.3, -0.25) is 14.5 Å². The number of aryl methyl sites for hydroxylation is 1. The van der Waals surface area contributed by atoms with Crippen LogP contribution in [0.3, 0.4) is 0 Å². The highest BCUT2D eigenvalue weighted by molar-refractivity contribution is 5.93. The molecule has 1 aromatic rings. The van der Waals surface area contributed by atoms with Gasteiger partial charge in [-0.05, 0) is 31.0 Å². The second-order valence-corrected chi connectivity index (χ2v) is 5.79. The third-order valence-electron chi connectivity index (χ3n) is 3.72. The van der Waals surface area contributed by atoms with Gasteiger partial charge in [-0.1, -0.05) is 12.1 Å². The van der Waals surface area contributed by atoms with E-state index in [1.54, 1.807) is 26.1 Å². The molecule has 6 nitrogen and oxygen atoms in total. The summed E-state index contributed by atoms with van der Waals surface area (Å²) in [5.74, 6) is -0.179. The van der Waals surface area contributed by atoms with Crippen LogP contribution in [0.2, 0.25) is 0 Å². The zero-order chi connectivity index (χ0) is 17.4. The Morgan fingerprint density at radius 2 is 1.87 bits per heavy atom. The Kier molecular flexibility index (Phi) is 7.71. The Hall–Kier alpha value is -1.92. The quantitative estimate of drug-likeness (QED) is 0.783. The lowest BCUT2D eigenvalue weighted by Gasteiger charge is -2.23. The third-order valence-corrected chi connectivity index (χ3v) is 3.72. The molecule has 0 unspecified atom stereocenters. The number of rotatable bonds is 8. The molecule has 0 aliphatic carbocycles. The number of anilines is 1. The number of hydrogen-bond acceptors (Lipinski definition) is 4. The predicted molar refractivity (Wildman–Crippen MR) is 91.6 cm³/mol. The van der Waals surface area contributed by atoms with E-state index in [0.29, 0.717) is 13.2 Å². The van der Waals surface area contributed by atoms with Crippen LogP contribution in [0.1, 0.15) is 11.1 Å². The van der Waals surface area contributed by atoms with Crippen LogP contribution in [0.25, 0.3) is 0 Å². The molecular weight excluding hydrogens is 294 g/mol. The van der Waals surface area contributed by atoms with Gasteiger partial charge in [-0.2, -0.15) is 0 Å². The molecule has 23 heavy (non-hydrogen) atoms. The second kappa shape index (κ2) is 9.27. The van der Waals surface area contributed by atoms with E-state index in [1.165, 1.54) is 4.90 Å². The van der Waals surface area contributed by atoms with E-state index in [4.69, 9.17) is 4.74 Å². The average molecular weight is 321 g/mol. The lowest BCUT2D eigenvalue weighted by Crippen LogP contribution is -2.42. The lowest BCUT2D eigenvalue weighted by atomic mass is 10.1. The molecule has 1 N–H and O–H groups in total. The Morgan fingerprint density at radius 3 is 2.48 bits per heavy atom. The number of hydrogen-bond donors (Lipinski definition) is 1. The smallest absolute Gasteiger partial charge is 0.238 e. The molecule has 0 saturated carbocycles. The molecule has 0 spiro atoms. The highest BCUT2D eigenvalue weighted by Crippen LogP contribution is 2.17. The minimum Gasteiger partial charge on any atom is -0.383 e. The Labute approximate surface area is 138 Å². The summed E-state index contributed by atoms with van der Waals surface area (Å²) >= 11 is 0. The van der Waals surface area contributed by atoms with Gasteiger partial charge in [0.2, 0.25) is 11.8 Å². The Balaban J connectivity index is 2.68. The van der Waals surface area contributed by atoms with E-state index < -0.39 is 0 Å². The summed E-state index contributed by atoms with van der Waals surface area (Å²) in [5, 5.41) is 2.91. The largest absolute Gasteiger partial charge is 0.383 e. The van der Waals surface area contributed by atoms with E-state index in [9.17, 15) is 9.59 Å². The van der Waals surface area contributed by atoms with E-state index in [1.807, 2.05) is 32.0 Å². The monoisotopic (exact) mass is 321 g/mol. The lowest BCUT2D eigenvalue weighted by molar-refractivity contribution is -0.130. The van der Waals surface area contributed by atoms with Gasteiger partial charge in [0.25, 0.3) is 0 Å². The summed E-state index contributed by atoms with van der Waals surface area (Å²) in [5.41, 5.74) is 2.98. The molecule has 0 radical (unpaired) electrons. The van der Waals surface area contributed by atoms with Gasteiger partial charge >= 0.3 is 0 Å². The van der Waals surface area contributed by atoms with Gasteiger partial charge in [-0.25, -0.2) is 0 Å². The number of amides is 2. The van der Waals surface area contributed by atoms with Crippen molar-refractivity contribution in [2.45, 2.75) is 13.8 Å². The van der Waals surface area contributed by atoms with Gasteiger partial charge < -0.3 is 15.0 Å². The van der Waals surface area contributed by atoms with Crippen LogP contribution in [0.4, 0.5) is 5.69 Å². The van der Waals surface area contributed by atoms with Crippen molar-refractivity contribution in [3.05, 3.63) is 29.3 Å². The summed E-state index contributed by atoms with van der Waals surface area (Å²) in [6.07, 6.45) is 0. The first-order valence-corrected chi connectivity index (χ1v) is 7.62. The first-order chi connectivity index (χ1) is 10.8. The predicted octanol–water partition coefficient (Wildman–Crippen LogP) is 1.28. The second-order valence-electron chi connectivity index (χ2n) is 5.79. The summed E-state index contributed by atoms with van der Waals surface area (Å²) < 4.78 is 5.05. The van der Waals surface area contributed by atoms with Gasteiger partial charge in [-0.15, -0.1) is 0 Å². The minimum absolute atomic E-state index is 0.0411. The van der Waals surface area contributed by atoms with E-state index in [0.717, 1.165) is 16.8 Å². The summed E-state index contributed by atoms with van der Waals surface area (Å²) in [6.45, 7) is 5.31. The average Bonchev–Trinajstić information content (AvgIpc) is 2.49. The van der Waals surface area contributed by atoms with Crippen LogP contribution >= 0.6 is 0 Å². The number of nitrogens with one attached hydrogen (secondary N) is 1. The molecular formula is C17H27N3O3. The molecule has 0 aliphatic rings. The third kappa shape index (κ3) is 6.38. The fourth-order valence-electron chi connectivity index (χ4n) is 2.05. The SMILES string of the molecule is COCCN(CC(=O)Nc1cccc(C)c1C)CC(=O)N(C)C. The zero-order valence-corrected chi connectivity index (χ0v) is 14.7. The Morgan fingerprint density at radius 1 is 1.17 bits per heavy atom. The van der Waals surface area contributed by atoms with Gasteiger partial charge in [0.15, 0.2) is 0 Å². The minimum atomic E-state index is -0.138. The van der Waals surface area contributed by atoms with E-state index in [-0.39, 0.29) is 24.9 Å². The van der Waals surface area contributed by atoms with Gasteiger partial charge in [0.05, 0.1) is 19.7 Å². The van der Waals surface area contributed by atoms with Gasteiger partial charge in [0.1, 0.15) is 0 Å². The normalized spacial score (nSPS) is 10.7. The molecule has 1 rings (SSSR count). The maximum absolute atomic E-state index is 12.3. The van der Waals surface area contributed by atoms with Crippen molar-refractivity contribution >= 4 is 17.5 Å². The molecule has 0 aliphatic heterocycles. The molecule has 0 fully saturated rings. The molecule has 128 valence electrons. The molecule has 0 atom stereocenters. The van der Waals surface area contributed by atoms with Crippen molar-refractivity contribution in [1.82, 2.24) is 9.80 Å². The van der Waals surface area contributed by atoms with Gasteiger partial charge in [0, 0.05) is 33.4 Å². The number of likely N-dealkylation sites (N-methyl/N-ethyl adjacent to an activating group) is 1. The molecule has 0 saturated heterocycles. The van der Waals surface area contributed by atoms with Crippen molar-refractivity contribution in [2.75, 3.05) is 52.8 Å². The number of ether oxygens (including phenoxy) is 1. The maximum atomic E-state index is 12.3. The summed E-state index contributed by atoms with van der Waals surface area (Å²) in [6, 6.07) is 5.80. The van der Waals surface area contributed by atoms with Crippen LogP contribution in [0.15, 0.2) is 18.2 Å². The van der Waals surface area contributed by atoms with Crippen molar-refractivity contribution in [3.63, 3.8) is 0 Å². The number of nitrogens with zero attached hydrogens (tertiary/aromatic N) is 2. The molecule has 1 aromatic carbocycles. The Bertz CT molecular complexity index is 544. The molecule has 0 bridgehead atoms. The maximum Gasteiger partial charge on any atom is 0.238 e. The number of carbonyl (C=O) groups is 2. The van der Waals surface area contributed by atoms with Crippen LogP contribution in [0.5, 0.6) is 0 Å². The van der Waals surface area contributed by atoms with Crippen LogP contribution in [-0.4, -0.2) is 69.1 Å². The first-order valence-electron chi connectivity index (χ1n) is 7.62. The van der Waals surface area contributed by atoms with Crippen LogP contribution in [0, 0.1) is 13.8 Å². The standard InChI is InChI=1S/C17H27N3O3/c1-13-7-6-8-15(14(13)2)18-16(21)11-20(9-10-23-5)12-17(22)19(3)4/h6-8H,9-12H2,1-5H3,(H,18,21). The number of benzene rings is 1. The zero-order valence-electron chi connectivity index (χ0n) is 14.7. The molecule has 0 heterocycles. The fraction of sp³-hybridized carbons (Fsp3) is 0.529. The fourth-order valence-corrected chi connectivity index (χ4v) is 2.05. The van der Waals surface area contributed by atoms with E-state index >= 15 is 0 Å². The van der Waals surface area contributed by atoms with Crippen molar-refractivity contribution in [3.8, 4) is 0 Å². The topological polar surface area (TPSA) is 61.9 Å². The summed E-state index contributed by atoms with van der Waals surface area (Å²) in [4.78, 5) is 27.4.